The fourth-order valence-corrected chi connectivity index (χ4v) is 2.34. The molecule has 4 heteroatoms. The zero-order valence-electron chi connectivity index (χ0n) is 13.1. The van der Waals surface area contributed by atoms with Crippen LogP contribution in [0.15, 0.2) is 54.6 Å². The topological polar surface area (TPSA) is 48.1 Å². The highest BCUT2D eigenvalue weighted by atomic mass is 16.6. The zero-order chi connectivity index (χ0) is 16.1. The number of hydrogen-bond donors (Lipinski definition) is 0. The summed E-state index contributed by atoms with van der Waals surface area (Å²) < 4.78 is 16.4. The van der Waals surface area contributed by atoms with Gasteiger partial charge in [-0.2, -0.15) is 0 Å². The van der Waals surface area contributed by atoms with Crippen LogP contribution < -0.4 is 4.74 Å². The summed E-state index contributed by atoms with van der Waals surface area (Å²) in [6.45, 7) is 3.70. The first kappa shape index (κ1) is 15.7. The van der Waals surface area contributed by atoms with Gasteiger partial charge in [0.1, 0.15) is 24.6 Å². The number of ketones is 1. The van der Waals surface area contributed by atoms with Crippen LogP contribution in [0, 0.1) is 0 Å². The molecule has 0 saturated carbocycles. The molecule has 0 spiro atoms. The van der Waals surface area contributed by atoms with Gasteiger partial charge >= 0.3 is 0 Å². The van der Waals surface area contributed by atoms with E-state index in [1.807, 2.05) is 61.5 Å². The summed E-state index contributed by atoms with van der Waals surface area (Å²) in [5.41, 5.74) is 1.48. The van der Waals surface area contributed by atoms with Crippen molar-refractivity contribution in [3.8, 4) is 5.75 Å². The van der Waals surface area contributed by atoms with Crippen LogP contribution in [-0.4, -0.2) is 31.7 Å². The Morgan fingerprint density at radius 1 is 1.17 bits per heavy atom. The summed E-state index contributed by atoms with van der Waals surface area (Å²) in [6, 6.07) is 16.7. The van der Waals surface area contributed by atoms with Crippen LogP contribution in [-0.2, 0) is 9.47 Å². The number of rotatable bonds is 8. The highest BCUT2D eigenvalue weighted by Crippen LogP contribution is 2.25. The van der Waals surface area contributed by atoms with Gasteiger partial charge in [0.25, 0.3) is 0 Å². The predicted molar refractivity (Wildman–Crippen MR) is 86.8 cm³/mol. The summed E-state index contributed by atoms with van der Waals surface area (Å²) in [5.74, 6) is 0.735. The summed E-state index contributed by atoms with van der Waals surface area (Å²) in [6.07, 6.45) is -0.367. The molecule has 1 aliphatic rings. The molecule has 0 aliphatic carbocycles. The molecule has 2 aromatic carbocycles. The maximum absolute atomic E-state index is 12.7. The first-order valence-electron chi connectivity index (χ1n) is 7.83. The largest absolute Gasteiger partial charge is 0.491 e. The molecular formula is C19H20O4. The molecule has 0 amide bonds. The first-order valence-corrected chi connectivity index (χ1v) is 7.83. The molecule has 4 nitrogen and oxygen atoms in total. The second kappa shape index (κ2) is 7.40. The van der Waals surface area contributed by atoms with Crippen LogP contribution in [0.1, 0.15) is 28.9 Å². The summed E-state index contributed by atoms with van der Waals surface area (Å²) in [4.78, 5) is 12.7. The number of epoxide rings is 1. The number of carbonyl (C=O) groups excluding carboxylic acids is 1. The van der Waals surface area contributed by atoms with Gasteiger partial charge in [-0.3, -0.25) is 4.79 Å². The highest BCUT2D eigenvalue weighted by molar-refractivity contribution is 6.00. The van der Waals surface area contributed by atoms with Crippen LogP contribution in [0.4, 0.5) is 0 Å². The monoisotopic (exact) mass is 312 g/mol. The average Bonchev–Trinajstić information content (AvgIpc) is 3.43. The molecule has 2 atom stereocenters. The van der Waals surface area contributed by atoms with Crippen molar-refractivity contribution >= 4 is 5.78 Å². The Kier molecular flexibility index (Phi) is 5.05. The second-order valence-electron chi connectivity index (χ2n) is 5.40. The van der Waals surface area contributed by atoms with Crippen molar-refractivity contribution in [2.75, 3.05) is 19.8 Å². The SMILES string of the molecule is CCOC(C(=O)c1ccccc1)c1ccc(OCC2CO2)cc1. The Hall–Kier alpha value is -2.17. The Morgan fingerprint density at radius 2 is 1.87 bits per heavy atom. The smallest absolute Gasteiger partial charge is 0.196 e. The van der Waals surface area contributed by atoms with Crippen LogP contribution in [0.3, 0.4) is 0 Å². The van der Waals surface area contributed by atoms with Gasteiger partial charge in [-0.25, -0.2) is 0 Å². The van der Waals surface area contributed by atoms with E-state index in [-0.39, 0.29) is 11.9 Å². The number of hydrogen-bond acceptors (Lipinski definition) is 4. The predicted octanol–water partition coefficient (Wildman–Crippen LogP) is 3.42. The lowest BCUT2D eigenvalue weighted by atomic mass is 9.99. The highest BCUT2D eigenvalue weighted by Gasteiger charge is 2.24. The van der Waals surface area contributed by atoms with Crippen molar-refractivity contribution in [2.45, 2.75) is 19.1 Å². The molecule has 1 fully saturated rings. The van der Waals surface area contributed by atoms with Crippen molar-refractivity contribution in [1.29, 1.82) is 0 Å². The maximum Gasteiger partial charge on any atom is 0.196 e. The average molecular weight is 312 g/mol. The molecular weight excluding hydrogens is 292 g/mol. The lowest BCUT2D eigenvalue weighted by molar-refractivity contribution is 0.0452. The second-order valence-corrected chi connectivity index (χ2v) is 5.40. The third-order valence-corrected chi connectivity index (χ3v) is 3.65. The summed E-state index contributed by atoms with van der Waals surface area (Å²) in [7, 11) is 0. The number of benzene rings is 2. The fraction of sp³-hybridized carbons (Fsp3) is 0.316. The number of carbonyl (C=O) groups is 1. The van der Waals surface area contributed by atoms with Crippen molar-refractivity contribution in [2.24, 2.45) is 0 Å². The van der Waals surface area contributed by atoms with Gasteiger partial charge in [0.2, 0.25) is 0 Å². The van der Waals surface area contributed by atoms with E-state index in [9.17, 15) is 4.79 Å². The minimum absolute atomic E-state index is 0.0347. The van der Waals surface area contributed by atoms with Gasteiger partial charge in [-0.15, -0.1) is 0 Å². The number of ether oxygens (including phenoxy) is 3. The zero-order valence-corrected chi connectivity index (χ0v) is 13.1. The minimum Gasteiger partial charge on any atom is -0.491 e. The van der Waals surface area contributed by atoms with Crippen LogP contribution >= 0.6 is 0 Å². The lowest BCUT2D eigenvalue weighted by Crippen LogP contribution is -2.16. The minimum atomic E-state index is -0.594. The van der Waals surface area contributed by atoms with Gasteiger partial charge in [-0.05, 0) is 24.6 Å². The molecule has 0 bridgehead atoms. The van der Waals surface area contributed by atoms with Gasteiger partial charge in [0.05, 0.1) is 6.61 Å². The van der Waals surface area contributed by atoms with E-state index >= 15 is 0 Å². The van der Waals surface area contributed by atoms with E-state index in [0.717, 1.165) is 17.9 Å². The first-order chi connectivity index (χ1) is 11.3. The molecule has 1 saturated heterocycles. The third-order valence-electron chi connectivity index (χ3n) is 3.65. The Balaban J connectivity index is 1.73. The van der Waals surface area contributed by atoms with Gasteiger partial charge < -0.3 is 14.2 Å². The lowest BCUT2D eigenvalue weighted by Gasteiger charge is -2.17. The van der Waals surface area contributed by atoms with Crippen molar-refractivity contribution in [3.63, 3.8) is 0 Å². The van der Waals surface area contributed by atoms with Crippen LogP contribution in [0.25, 0.3) is 0 Å². The standard InChI is InChI=1S/C19H20O4/c1-2-21-19(18(20)14-6-4-3-5-7-14)15-8-10-16(11-9-15)22-12-17-13-23-17/h3-11,17,19H,2,12-13H2,1H3. The van der Waals surface area contributed by atoms with E-state index in [1.54, 1.807) is 0 Å². The molecule has 0 radical (unpaired) electrons. The maximum atomic E-state index is 12.7. The van der Waals surface area contributed by atoms with Crippen molar-refractivity contribution in [3.05, 3.63) is 65.7 Å². The summed E-state index contributed by atoms with van der Waals surface area (Å²) in [5, 5.41) is 0. The van der Waals surface area contributed by atoms with E-state index in [4.69, 9.17) is 14.2 Å². The van der Waals surface area contributed by atoms with E-state index in [2.05, 4.69) is 0 Å². The fourth-order valence-electron chi connectivity index (χ4n) is 2.34. The third kappa shape index (κ3) is 4.18. The van der Waals surface area contributed by atoms with Crippen LogP contribution in [0.5, 0.6) is 5.75 Å². The van der Waals surface area contributed by atoms with E-state index < -0.39 is 6.10 Å². The Labute approximate surface area is 136 Å². The molecule has 0 aromatic heterocycles. The van der Waals surface area contributed by atoms with Gasteiger partial charge in [-0.1, -0.05) is 42.5 Å². The molecule has 0 N–H and O–H groups in total. The molecule has 1 aliphatic heterocycles. The van der Waals surface area contributed by atoms with Crippen molar-refractivity contribution in [1.82, 2.24) is 0 Å². The Bertz CT molecular complexity index is 632. The van der Waals surface area contributed by atoms with Crippen LogP contribution in [0.2, 0.25) is 0 Å². The van der Waals surface area contributed by atoms with E-state index in [0.29, 0.717) is 18.8 Å². The molecule has 120 valence electrons. The molecule has 3 rings (SSSR count). The quantitative estimate of drug-likeness (QED) is 0.553. The summed E-state index contributed by atoms with van der Waals surface area (Å²) >= 11 is 0. The molecule has 23 heavy (non-hydrogen) atoms. The van der Waals surface area contributed by atoms with Crippen molar-refractivity contribution < 1.29 is 19.0 Å². The Morgan fingerprint density at radius 3 is 2.48 bits per heavy atom. The van der Waals surface area contributed by atoms with Gasteiger partial charge in [0, 0.05) is 12.2 Å². The number of Topliss-reactive ketones (excluding diaryl/α,β-unsaturated/α-hetero) is 1. The molecule has 2 aromatic rings. The normalized spacial score (nSPS) is 17.5. The van der Waals surface area contributed by atoms with Gasteiger partial charge in [0.15, 0.2) is 5.78 Å². The molecule has 2 unspecified atom stereocenters. The molecule has 1 heterocycles. The van der Waals surface area contributed by atoms with E-state index in [1.165, 1.54) is 0 Å².